The maximum atomic E-state index is 12.7. The van der Waals surface area contributed by atoms with Crippen LogP contribution in [0, 0.1) is 5.92 Å². The van der Waals surface area contributed by atoms with Crippen LogP contribution in [0.5, 0.6) is 0 Å². The molecule has 0 aromatic carbocycles. The average molecular weight is 412 g/mol. The van der Waals surface area contributed by atoms with E-state index in [9.17, 15) is 8.78 Å². The summed E-state index contributed by atoms with van der Waals surface area (Å²) in [6, 6.07) is -0.0962. The van der Waals surface area contributed by atoms with Gasteiger partial charge in [0.1, 0.15) is 12.3 Å². The number of alkyl halides is 2. The van der Waals surface area contributed by atoms with Gasteiger partial charge in [-0.15, -0.1) is 0 Å². The van der Waals surface area contributed by atoms with E-state index in [4.69, 9.17) is 9.47 Å². The molecule has 0 radical (unpaired) electrons. The maximum Gasteiger partial charge on any atom is 0.296 e. The number of aliphatic imine (C=N–C) groups is 2. The third-order valence-electron chi connectivity index (χ3n) is 5.41. The highest BCUT2D eigenvalue weighted by Gasteiger charge is 2.34. The molecular weight excluding hydrogens is 382 g/mol. The standard InChI is InChI=1S/C19H30F2N6O2/c1-11(23-10-26(3)19(20)21)15-7-16-14(9-27(4)25-16)18(24-15)29-12(2)13-6-17(28-5)22-8-13/h7,9,12-13,16-17,19,22,25H,6,8,10H2,1-5H3. The molecule has 0 aromatic heterocycles. The molecule has 0 saturated carbocycles. The largest absolute Gasteiger partial charge is 0.474 e. The van der Waals surface area contributed by atoms with Gasteiger partial charge in [0.2, 0.25) is 5.90 Å². The lowest BCUT2D eigenvalue weighted by atomic mass is 10.0. The zero-order valence-electron chi connectivity index (χ0n) is 17.5. The molecule has 29 heavy (non-hydrogen) atoms. The Morgan fingerprint density at radius 3 is 2.90 bits per heavy atom. The third kappa shape index (κ3) is 5.19. The van der Waals surface area contributed by atoms with Gasteiger partial charge < -0.3 is 14.5 Å². The molecule has 0 aliphatic carbocycles. The van der Waals surface area contributed by atoms with Crippen LogP contribution < -0.4 is 10.7 Å². The predicted octanol–water partition coefficient (Wildman–Crippen LogP) is 1.54. The van der Waals surface area contributed by atoms with Crippen molar-refractivity contribution in [1.82, 2.24) is 20.7 Å². The number of hydrogen-bond donors (Lipinski definition) is 2. The second kappa shape index (κ2) is 9.29. The fraction of sp³-hybridized carbons (Fsp3) is 0.684. The number of fused-ring (bicyclic) bond motifs is 1. The maximum absolute atomic E-state index is 12.7. The monoisotopic (exact) mass is 412 g/mol. The van der Waals surface area contributed by atoms with Crippen molar-refractivity contribution < 1.29 is 18.3 Å². The van der Waals surface area contributed by atoms with Gasteiger partial charge in [-0.1, -0.05) is 0 Å². The molecular formula is C19H30F2N6O2. The molecule has 162 valence electrons. The molecule has 10 heteroatoms. The van der Waals surface area contributed by atoms with Crippen molar-refractivity contribution in [1.29, 1.82) is 0 Å². The van der Waals surface area contributed by atoms with Crippen molar-refractivity contribution in [3.63, 3.8) is 0 Å². The molecule has 0 aromatic rings. The number of ether oxygens (including phenoxy) is 2. The molecule has 0 amide bonds. The zero-order valence-corrected chi connectivity index (χ0v) is 17.5. The first-order chi connectivity index (χ1) is 13.8. The van der Waals surface area contributed by atoms with E-state index in [1.807, 2.05) is 31.3 Å². The highest BCUT2D eigenvalue weighted by atomic mass is 19.3. The second-order valence-electron chi connectivity index (χ2n) is 7.64. The summed E-state index contributed by atoms with van der Waals surface area (Å²) >= 11 is 0. The number of allylic oxidation sites excluding steroid dienone is 1. The summed E-state index contributed by atoms with van der Waals surface area (Å²) in [6.45, 7) is 1.97. The van der Waals surface area contributed by atoms with Gasteiger partial charge in [0.25, 0.3) is 6.55 Å². The van der Waals surface area contributed by atoms with Crippen molar-refractivity contribution in [2.75, 3.05) is 34.4 Å². The van der Waals surface area contributed by atoms with Crippen LogP contribution >= 0.6 is 0 Å². The van der Waals surface area contributed by atoms with Crippen LogP contribution in [0.3, 0.4) is 0 Å². The van der Waals surface area contributed by atoms with Crippen LogP contribution in [-0.2, 0) is 9.47 Å². The summed E-state index contributed by atoms with van der Waals surface area (Å²) in [6.07, 6.45) is 4.74. The van der Waals surface area contributed by atoms with E-state index in [1.54, 1.807) is 14.0 Å². The summed E-state index contributed by atoms with van der Waals surface area (Å²) < 4.78 is 37.0. The number of rotatable bonds is 7. The van der Waals surface area contributed by atoms with Crippen LogP contribution in [-0.4, -0.2) is 80.9 Å². The lowest BCUT2D eigenvalue weighted by Crippen LogP contribution is -2.37. The van der Waals surface area contributed by atoms with Crippen molar-refractivity contribution in [3.05, 3.63) is 23.5 Å². The molecule has 2 N–H and O–H groups in total. The van der Waals surface area contributed by atoms with Gasteiger partial charge >= 0.3 is 0 Å². The minimum Gasteiger partial charge on any atom is -0.474 e. The van der Waals surface area contributed by atoms with E-state index in [-0.39, 0.29) is 25.0 Å². The molecule has 0 spiro atoms. The fourth-order valence-corrected chi connectivity index (χ4v) is 3.49. The van der Waals surface area contributed by atoms with Crippen molar-refractivity contribution in [2.24, 2.45) is 15.9 Å². The summed E-state index contributed by atoms with van der Waals surface area (Å²) in [5, 5.41) is 5.18. The lowest BCUT2D eigenvalue weighted by Gasteiger charge is -2.26. The van der Waals surface area contributed by atoms with E-state index < -0.39 is 6.55 Å². The summed E-state index contributed by atoms with van der Waals surface area (Å²) in [4.78, 5) is 9.79. The van der Waals surface area contributed by atoms with E-state index in [0.29, 0.717) is 23.2 Å². The van der Waals surface area contributed by atoms with Gasteiger partial charge in [-0.3, -0.25) is 10.3 Å². The molecule has 8 nitrogen and oxygen atoms in total. The minimum absolute atomic E-state index is 0.0437. The van der Waals surface area contributed by atoms with Crippen molar-refractivity contribution in [2.45, 2.75) is 45.2 Å². The first kappa shape index (κ1) is 21.8. The van der Waals surface area contributed by atoms with Gasteiger partial charge in [0, 0.05) is 32.8 Å². The predicted molar refractivity (Wildman–Crippen MR) is 107 cm³/mol. The van der Waals surface area contributed by atoms with Gasteiger partial charge in [-0.25, -0.2) is 15.3 Å². The van der Waals surface area contributed by atoms with E-state index in [0.717, 1.165) is 23.4 Å². The Morgan fingerprint density at radius 1 is 1.48 bits per heavy atom. The zero-order chi connectivity index (χ0) is 21.1. The molecule has 3 aliphatic rings. The first-order valence-electron chi connectivity index (χ1n) is 9.72. The average Bonchev–Trinajstić information content (AvgIpc) is 3.31. The number of nitrogens with zero attached hydrogens (tertiary/aromatic N) is 4. The Bertz CT molecular complexity index is 723. The lowest BCUT2D eigenvalue weighted by molar-refractivity contribution is -0.00693. The molecule has 3 aliphatic heterocycles. The fourth-order valence-electron chi connectivity index (χ4n) is 3.49. The van der Waals surface area contributed by atoms with Crippen molar-refractivity contribution in [3.8, 4) is 0 Å². The number of nitrogens with one attached hydrogen (secondary N) is 2. The number of halogens is 2. The quantitative estimate of drug-likeness (QED) is 0.488. The van der Waals surface area contributed by atoms with Crippen LogP contribution in [0.2, 0.25) is 0 Å². The van der Waals surface area contributed by atoms with Crippen LogP contribution in [0.4, 0.5) is 8.78 Å². The number of methoxy groups -OCH3 is 1. The summed E-state index contributed by atoms with van der Waals surface area (Å²) in [5.41, 5.74) is 5.45. The molecule has 0 bridgehead atoms. The van der Waals surface area contributed by atoms with Crippen LogP contribution in [0.15, 0.2) is 33.5 Å². The minimum atomic E-state index is -2.55. The number of hydrazine groups is 1. The first-order valence-corrected chi connectivity index (χ1v) is 9.72. The highest BCUT2D eigenvalue weighted by Crippen LogP contribution is 2.27. The molecule has 1 fully saturated rings. The van der Waals surface area contributed by atoms with Crippen LogP contribution in [0.25, 0.3) is 0 Å². The van der Waals surface area contributed by atoms with E-state index >= 15 is 0 Å². The number of hydrogen-bond acceptors (Lipinski definition) is 8. The topological polar surface area (TPSA) is 73.7 Å². The molecule has 4 unspecified atom stereocenters. The van der Waals surface area contributed by atoms with Gasteiger partial charge in [-0.05, 0) is 33.4 Å². The third-order valence-corrected chi connectivity index (χ3v) is 5.41. The highest BCUT2D eigenvalue weighted by molar-refractivity contribution is 6.06. The van der Waals surface area contributed by atoms with Gasteiger partial charge in [0.05, 0.1) is 29.7 Å². The molecule has 3 rings (SSSR count). The Hall–Kier alpha value is -1.88. The molecule has 4 atom stereocenters. The normalized spacial score (nSPS) is 28.4. The molecule has 1 saturated heterocycles. The Labute approximate surface area is 170 Å². The van der Waals surface area contributed by atoms with E-state index in [2.05, 4.69) is 20.7 Å². The SMILES string of the molecule is COC1CC(C(C)OC2=NC(C(C)=NCN(C)C(F)F)=CC3NN(C)C=C23)CN1. The molecule has 3 heterocycles. The Balaban J connectivity index is 1.75. The van der Waals surface area contributed by atoms with Gasteiger partial charge in [-0.2, -0.15) is 8.78 Å². The Kier molecular flexibility index (Phi) is 6.99. The van der Waals surface area contributed by atoms with Crippen molar-refractivity contribution >= 4 is 11.6 Å². The second-order valence-corrected chi connectivity index (χ2v) is 7.64. The van der Waals surface area contributed by atoms with Crippen LogP contribution in [0.1, 0.15) is 20.3 Å². The smallest absolute Gasteiger partial charge is 0.296 e. The van der Waals surface area contributed by atoms with Gasteiger partial charge in [0.15, 0.2) is 0 Å². The van der Waals surface area contributed by atoms with E-state index in [1.165, 1.54) is 7.05 Å². The Morgan fingerprint density at radius 2 is 2.24 bits per heavy atom. The summed E-state index contributed by atoms with van der Waals surface area (Å²) in [7, 11) is 4.92. The summed E-state index contributed by atoms with van der Waals surface area (Å²) in [5.74, 6) is 0.840.